The molecule has 0 saturated heterocycles. The summed E-state index contributed by atoms with van der Waals surface area (Å²) in [6.45, 7) is 0. The van der Waals surface area contributed by atoms with E-state index in [0.717, 1.165) is 0 Å². The van der Waals surface area contributed by atoms with Gasteiger partial charge in [-0.1, -0.05) is 42.5 Å². The molecule has 3 aromatic carbocycles. The number of amides is 1. The largest absolute Gasteiger partial charge is 0.545 e. The molecular formula is C24H17N2O5-. The number of ether oxygens (including phenoxy) is 1. The molecule has 0 aliphatic heterocycles. The molecule has 0 aliphatic carbocycles. The first kappa shape index (κ1) is 19.9. The van der Waals surface area contributed by atoms with Crippen molar-refractivity contribution >= 4 is 34.2 Å². The van der Waals surface area contributed by atoms with E-state index in [1.54, 1.807) is 36.4 Å². The number of carbonyl (C=O) groups is 2. The van der Waals surface area contributed by atoms with E-state index in [2.05, 4.69) is 10.3 Å². The number of nitrogens with one attached hydrogen (secondary N) is 1. The smallest absolute Gasteiger partial charge is 0.261 e. The molecule has 0 saturated carbocycles. The summed E-state index contributed by atoms with van der Waals surface area (Å²) in [6.07, 6.45) is 0. The van der Waals surface area contributed by atoms with E-state index in [1.165, 1.54) is 31.4 Å². The highest BCUT2D eigenvalue weighted by atomic mass is 16.5. The summed E-state index contributed by atoms with van der Waals surface area (Å²) in [5.74, 6) is -1.18. The molecule has 0 unspecified atom stereocenters. The number of anilines is 1. The Morgan fingerprint density at radius 1 is 0.968 bits per heavy atom. The molecule has 31 heavy (non-hydrogen) atoms. The molecule has 1 N–H and O–H groups in total. The first-order valence-corrected chi connectivity index (χ1v) is 9.38. The van der Waals surface area contributed by atoms with Crippen LogP contribution in [0, 0.1) is 0 Å². The fraction of sp³-hybridized carbons (Fsp3) is 0.0417. The Bertz CT molecular complexity index is 1330. The second kappa shape index (κ2) is 8.54. The van der Waals surface area contributed by atoms with Gasteiger partial charge in [0.05, 0.1) is 18.8 Å². The molecule has 0 radical (unpaired) electrons. The second-order valence-electron chi connectivity index (χ2n) is 6.61. The monoisotopic (exact) mass is 413 g/mol. The van der Waals surface area contributed by atoms with Crippen molar-refractivity contribution in [3.8, 4) is 5.75 Å². The van der Waals surface area contributed by atoms with Gasteiger partial charge in [0.2, 0.25) is 5.55 Å². The van der Waals surface area contributed by atoms with Crippen LogP contribution in [0.25, 0.3) is 11.0 Å². The third-order valence-corrected chi connectivity index (χ3v) is 4.57. The number of carboxylic acids is 1. The summed E-state index contributed by atoms with van der Waals surface area (Å²) in [7, 11) is 1.52. The summed E-state index contributed by atoms with van der Waals surface area (Å²) in [5, 5.41) is 14.5. The Kier molecular flexibility index (Phi) is 5.49. The normalized spacial score (nSPS) is 11.3. The summed E-state index contributed by atoms with van der Waals surface area (Å²) in [4.78, 5) is 28.4. The lowest BCUT2D eigenvalue weighted by Crippen LogP contribution is -2.22. The minimum Gasteiger partial charge on any atom is -0.545 e. The van der Waals surface area contributed by atoms with Gasteiger partial charge in [0.15, 0.2) is 11.3 Å². The van der Waals surface area contributed by atoms with Gasteiger partial charge in [-0.15, -0.1) is 0 Å². The maximum absolute atomic E-state index is 13.0. The SMILES string of the molecule is COc1cccc2cc(C(=O)Nc3ccccc3)c(=Nc3ccc(C(=O)[O-])cc3)oc12. The van der Waals surface area contributed by atoms with Crippen molar-refractivity contribution in [3.05, 3.63) is 95.5 Å². The molecule has 0 aliphatic rings. The molecule has 0 bridgehead atoms. The highest BCUT2D eigenvalue weighted by Gasteiger charge is 2.15. The number of hydrogen-bond acceptors (Lipinski definition) is 6. The van der Waals surface area contributed by atoms with E-state index >= 15 is 0 Å². The lowest BCUT2D eigenvalue weighted by atomic mass is 10.1. The van der Waals surface area contributed by atoms with Gasteiger partial charge in [0.25, 0.3) is 5.91 Å². The standard InChI is InChI=1S/C24H18N2O5/c1-30-20-9-5-6-16-14-19(22(27)25-17-7-3-2-4-8-17)23(31-21(16)20)26-18-12-10-15(11-13-18)24(28)29/h2-14H,1H3,(H,25,27)(H,28,29)/p-1. The molecule has 7 heteroatoms. The van der Waals surface area contributed by atoms with E-state index in [4.69, 9.17) is 9.15 Å². The van der Waals surface area contributed by atoms with Crippen molar-refractivity contribution in [1.29, 1.82) is 0 Å². The fourth-order valence-corrected chi connectivity index (χ4v) is 3.04. The molecule has 1 aromatic heterocycles. The molecule has 1 amide bonds. The number of rotatable bonds is 5. The van der Waals surface area contributed by atoms with Crippen molar-refractivity contribution in [2.24, 2.45) is 4.99 Å². The molecule has 154 valence electrons. The van der Waals surface area contributed by atoms with Gasteiger partial charge < -0.3 is 24.4 Å². The van der Waals surface area contributed by atoms with Gasteiger partial charge in [0, 0.05) is 11.1 Å². The number of aromatic carboxylic acids is 1. The molecular weight excluding hydrogens is 396 g/mol. The number of carboxylic acid groups (broad SMARTS) is 1. The lowest BCUT2D eigenvalue weighted by Gasteiger charge is -2.09. The number of benzene rings is 3. The maximum atomic E-state index is 13.0. The zero-order valence-electron chi connectivity index (χ0n) is 16.5. The van der Waals surface area contributed by atoms with Crippen LogP contribution in [0.4, 0.5) is 11.4 Å². The zero-order chi connectivity index (χ0) is 21.8. The van der Waals surface area contributed by atoms with Gasteiger partial charge in [-0.25, -0.2) is 4.99 Å². The van der Waals surface area contributed by atoms with E-state index in [9.17, 15) is 14.7 Å². The minimum atomic E-state index is -1.28. The van der Waals surface area contributed by atoms with E-state index < -0.39 is 11.9 Å². The quantitative estimate of drug-likeness (QED) is 0.541. The summed E-state index contributed by atoms with van der Waals surface area (Å²) in [6, 6.07) is 21.8. The molecule has 0 spiro atoms. The number of para-hydroxylation sites is 2. The summed E-state index contributed by atoms with van der Waals surface area (Å²) >= 11 is 0. The predicted molar refractivity (Wildman–Crippen MR) is 113 cm³/mol. The number of hydrogen-bond donors (Lipinski definition) is 1. The van der Waals surface area contributed by atoms with Crippen LogP contribution in [0.1, 0.15) is 20.7 Å². The fourth-order valence-electron chi connectivity index (χ4n) is 3.04. The van der Waals surface area contributed by atoms with Crippen molar-refractivity contribution in [1.82, 2.24) is 0 Å². The highest BCUT2D eigenvalue weighted by Crippen LogP contribution is 2.25. The molecule has 4 rings (SSSR count). The van der Waals surface area contributed by atoms with Crippen LogP contribution in [0.5, 0.6) is 5.75 Å². The van der Waals surface area contributed by atoms with Crippen molar-refractivity contribution in [2.45, 2.75) is 0 Å². The van der Waals surface area contributed by atoms with Crippen LogP contribution in [0.3, 0.4) is 0 Å². The Balaban J connectivity index is 1.86. The third-order valence-electron chi connectivity index (χ3n) is 4.57. The van der Waals surface area contributed by atoms with E-state index in [0.29, 0.717) is 28.1 Å². The zero-order valence-corrected chi connectivity index (χ0v) is 16.5. The first-order chi connectivity index (χ1) is 15.0. The van der Waals surface area contributed by atoms with Gasteiger partial charge in [-0.2, -0.15) is 0 Å². The van der Waals surface area contributed by atoms with Crippen LogP contribution in [-0.2, 0) is 0 Å². The second-order valence-corrected chi connectivity index (χ2v) is 6.61. The Hall–Kier alpha value is -4.39. The van der Waals surface area contributed by atoms with Crippen LogP contribution in [0.2, 0.25) is 0 Å². The summed E-state index contributed by atoms with van der Waals surface area (Å²) in [5.41, 5.74) is 1.78. The lowest BCUT2D eigenvalue weighted by molar-refractivity contribution is -0.255. The predicted octanol–water partition coefficient (Wildman–Crippen LogP) is 3.29. The van der Waals surface area contributed by atoms with Gasteiger partial charge in [-0.3, -0.25) is 4.79 Å². The van der Waals surface area contributed by atoms with Crippen molar-refractivity contribution < 1.29 is 23.8 Å². The Labute approximate surface area is 177 Å². The van der Waals surface area contributed by atoms with Gasteiger partial charge in [-0.05, 0) is 42.0 Å². The number of carbonyl (C=O) groups excluding carboxylic acids is 2. The molecule has 0 atom stereocenters. The Morgan fingerprint density at radius 3 is 2.39 bits per heavy atom. The molecule has 0 fully saturated rings. The van der Waals surface area contributed by atoms with Gasteiger partial charge in [0.1, 0.15) is 5.56 Å². The topological polar surface area (TPSA) is 104 Å². The average molecular weight is 413 g/mol. The Morgan fingerprint density at radius 2 is 1.71 bits per heavy atom. The van der Waals surface area contributed by atoms with Crippen LogP contribution in [-0.4, -0.2) is 19.0 Å². The van der Waals surface area contributed by atoms with E-state index in [1.807, 2.05) is 18.2 Å². The van der Waals surface area contributed by atoms with Crippen LogP contribution in [0.15, 0.2) is 88.3 Å². The van der Waals surface area contributed by atoms with E-state index in [-0.39, 0.29) is 16.7 Å². The number of nitrogens with zero attached hydrogens (tertiary/aromatic N) is 1. The van der Waals surface area contributed by atoms with Gasteiger partial charge >= 0.3 is 0 Å². The van der Waals surface area contributed by atoms with Crippen LogP contribution >= 0.6 is 0 Å². The molecule has 4 aromatic rings. The van der Waals surface area contributed by atoms with Crippen molar-refractivity contribution in [3.63, 3.8) is 0 Å². The summed E-state index contributed by atoms with van der Waals surface area (Å²) < 4.78 is 11.3. The molecule has 7 nitrogen and oxygen atoms in total. The maximum Gasteiger partial charge on any atom is 0.261 e. The average Bonchev–Trinajstić information content (AvgIpc) is 2.79. The highest BCUT2D eigenvalue weighted by molar-refractivity contribution is 6.05. The third kappa shape index (κ3) is 4.30. The number of fused-ring (bicyclic) bond motifs is 1. The van der Waals surface area contributed by atoms with Crippen molar-refractivity contribution in [2.75, 3.05) is 12.4 Å². The number of methoxy groups -OCH3 is 1. The minimum absolute atomic E-state index is 0.0260. The molecule has 1 heterocycles. The first-order valence-electron chi connectivity index (χ1n) is 9.38. The van der Waals surface area contributed by atoms with Crippen LogP contribution < -0.4 is 20.7 Å².